The molecule has 0 saturated carbocycles. The molecule has 0 amide bonds. The molecule has 0 N–H and O–H groups in total. The summed E-state index contributed by atoms with van der Waals surface area (Å²) in [7, 11) is -4.35. The summed E-state index contributed by atoms with van der Waals surface area (Å²) < 4.78 is 74.3. The van der Waals surface area contributed by atoms with Crippen molar-refractivity contribution in [2.75, 3.05) is 17.5 Å². The van der Waals surface area contributed by atoms with Crippen molar-refractivity contribution in [3.63, 3.8) is 0 Å². The van der Waals surface area contributed by atoms with E-state index in [1.807, 2.05) is 6.92 Å². The van der Waals surface area contributed by atoms with Gasteiger partial charge in [0.25, 0.3) is 10.0 Å². The van der Waals surface area contributed by atoms with Crippen LogP contribution in [-0.2, 0) is 25.7 Å². The summed E-state index contributed by atoms with van der Waals surface area (Å²) >= 11 is 12.1. The second-order valence-corrected chi connectivity index (χ2v) is 11.1. The van der Waals surface area contributed by atoms with E-state index in [1.165, 1.54) is 47.2 Å². The molecule has 0 fully saturated rings. The predicted molar refractivity (Wildman–Crippen MR) is 141 cm³/mol. The molecule has 4 aromatic rings. The Labute approximate surface area is 232 Å². The molecule has 0 aliphatic carbocycles. The van der Waals surface area contributed by atoms with Gasteiger partial charge in [-0.3, -0.25) is 9.10 Å². The lowest BCUT2D eigenvalue weighted by atomic mass is 10.2. The third-order valence-corrected chi connectivity index (χ3v) is 7.80. The lowest BCUT2D eigenvalue weighted by Gasteiger charge is -2.24. The summed E-state index contributed by atoms with van der Waals surface area (Å²) in [6.07, 6.45) is -0.960. The van der Waals surface area contributed by atoms with Gasteiger partial charge in [0.1, 0.15) is 24.4 Å². The number of sulfonamides is 1. The zero-order valence-corrected chi connectivity index (χ0v) is 22.7. The molecule has 0 unspecified atom stereocenters. The van der Waals surface area contributed by atoms with Crippen molar-refractivity contribution in [2.45, 2.75) is 30.8 Å². The van der Waals surface area contributed by atoms with E-state index in [2.05, 4.69) is 9.97 Å². The van der Waals surface area contributed by atoms with Gasteiger partial charge >= 0.3 is 12.1 Å². The fourth-order valence-electron chi connectivity index (χ4n) is 3.73. The Balaban J connectivity index is 1.77. The molecule has 2 aromatic carbocycles. The number of anilines is 1. The number of rotatable bonds is 9. The number of hydrogen-bond acceptors (Lipinski definition) is 6. The van der Waals surface area contributed by atoms with Crippen LogP contribution in [0.1, 0.15) is 25.5 Å². The minimum absolute atomic E-state index is 0.0300. The Morgan fingerprint density at radius 2 is 1.77 bits per heavy atom. The van der Waals surface area contributed by atoms with Crippen LogP contribution < -0.4 is 4.31 Å². The Morgan fingerprint density at radius 1 is 1.05 bits per heavy atom. The molecule has 0 atom stereocenters. The Hall–Kier alpha value is -3.35. The fourth-order valence-corrected chi connectivity index (χ4v) is 5.86. The summed E-state index contributed by atoms with van der Waals surface area (Å²) in [5.41, 5.74) is -0.549. The standard InChI is InChI=1S/C25H21Cl2F3N4O4S/c1-2-3-8-38-24(35)14-34(39(36,37)20-11-17(26)10-18(27)12-20)19-4-5-21-16(9-19)6-7-33(21)23-13-22(25(28,29)30)31-15-32-23/h4-7,9-13,15H,2-3,8,14H2,1H3. The maximum Gasteiger partial charge on any atom is 0.433 e. The molecule has 0 spiro atoms. The number of aromatic nitrogens is 3. The molecule has 0 aliphatic heterocycles. The fraction of sp³-hybridized carbons (Fsp3) is 0.240. The molecule has 14 heteroatoms. The van der Waals surface area contributed by atoms with Crippen LogP contribution in [0.2, 0.25) is 10.0 Å². The van der Waals surface area contributed by atoms with E-state index in [9.17, 15) is 26.4 Å². The van der Waals surface area contributed by atoms with Gasteiger partial charge in [-0.15, -0.1) is 0 Å². The highest BCUT2D eigenvalue weighted by molar-refractivity contribution is 7.92. The van der Waals surface area contributed by atoms with Gasteiger partial charge in [0.05, 0.1) is 22.7 Å². The zero-order chi connectivity index (χ0) is 28.4. The maximum atomic E-state index is 13.7. The average Bonchev–Trinajstić information content (AvgIpc) is 3.30. The smallest absolute Gasteiger partial charge is 0.433 e. The van der Waals surface area contributed by atoms with Crippen molar-refractivity contribution < 1.29 is 31.1 Å². The highest BCUT2D eigenvalue weighted by Crippen LogP contribution is 2.32. The van der Waals surface area contributed by atoms with Crippen molar-refractivity contribution in [3.05, 3.63) is 76.8 Å². The lowest BCUT2D eigenvalue weighted by Crippen LogP contribution is -2.36. The van der Waals surface area contributed by atoms with E-state index in [-0.39, 0.29) is 33.1 Å². The number of carbonyl (C=O) groups excluding carboxylic acids is 1. The topological polar surface area (TPSA) is 94.4 Å². The van der Waals surface area contributed by atoms with Crippen LogP contribution in [0.4, 0.5) is 18.9 Å². The van der Waals surface area contributed by atoms with Crippen molar-refractivity contribution in [3.8, 4) is 5.82 Å². The SMILES string of the molecule is CCCCOC(=O)CN(c1ccc2c(ccn2-c2cc(C(F)(F)F)ncn2)c1)S(=O)(=O)c1cc(Cl)cc(Cl)c1. The van der Waals surface area contributed by atoms with Gasteiger partial charge in [-0.1, -0.05) is 36.5 Å². The number of esters is 1. The lowest BCUT2D eigenvalue weighted by molar-refractivity contribution is -0.142. The molecule has 4 rings (SSSR count). The largest absolute Gasteiger partial charge is 0.464 e. The summed E-state index contributed by atoms with van der Waals surface area (Å²) in [5, 5.41) is 0.646. The van der Waals surface area contributed by atoms with Crippen molar-refractivity contribution >= 4 is 55.8 Å². The van der Waals surface area contributed by atoms with E-state index in [0.717, 1.165) is 23.1 Å². The van der Waals surface area contributed by atoms with Crippen molar-refractivity contribution in [1.29, 1.82) is 0 Å². The van der Waals surface area contributed by atoms with Gasteiger partial charge < -0.3 is 9.30 Å². The summed E-state index contributed by atoms with van der Waals surface area (Å²) in [6, 6.07) is 10.6. The van der Waals surface area contributed by atoms with Gasteiger partial charge in [0, 0.05) is 27.7 Å². The minimum atomic E-state index is -4.66. The van der Waals surface area contributed by atoms with E-state index >= 15 is 0 Å². The minimum Gasteiger partial charge on any atom is -0.464 e. The Morgan fingerprint density at radius 3 is 2.44 bits per heavy atom. The molecule has 39 heavy (non-hydrogen) atoms. The van der Waals surface area contributed by atoms with Crippen molar-refractivity contribution in [1.82, 2.24) is 14.5 Å². The number of fused-ring (bicyclic) bond motifs is 1. The summed E-state index contributed by atoms with van der Waals surface area (Å²) in [5.74, 6) is -0.795. The van der Waals surface area contributed by atoms with Crippen LogP contribution in [0.5, 0.6) is 0 Å². The number of ether oxygens (including phenoxy) is 1. The van der Waals surface area contributed by atoms with E-state index in [1.54, 1.807) is 6.07 Å². The quantitative estimate of drug-likeness (QED) is 0.166. The normalized spacial score (nSPS) is 12.1. The summed E-state index contributed by atoms with van der Waals surface area (Å²) in [6.45, 7) is 1.41. The Bertz CT molecular complexity index is 1610. The third-order valence-electron chi connectivity index (χ3n) is 5.61. The number of halogens is 5. The molecule has 0 saturated heterocycles. The number of unbranched alkanes of at least 4 members (excludes halogenated alkanes) is 1. The molecule has 0 radical (unpaired) electrons. The second-order valence-electron chi connectivity index (χ2n) is 8.38. The first-order valence-corrected chi connectivity index (χ1v) is 13.7. The van der Waals surface area contributed by atoms with Gasteiger partial charge in [0.2, 0.25) is 0 Å². The molecule has 2 aromatic heterocycles. The van der Waals surface area contributed by atoms with Crippen LogP contribution in [0.15, 0.2) is 66.0 Å². The predicted octanol–water partition coefficient (Wildman–Crippen LogP) is 6.28. The monoisotopic (exact) mass is 600 g/mol. The first kappa shape index (κ1) is 28.7. The molecular weight excluding hydrogens is 580 g/mol. The Kier molecular flexibility index (Phi) is 8.38. The summed E-state index contributed by atoms with van der Waals surface area (Å²) in [4.78, 5) is 19.6. The van der Waals surface area contributed by atoms with Crippen LogP contribution in [0.25, 0.3) is 16.7 Å². The second kappa shape index (κ2) is 11.4. The highest BCUT2D eigenvalue weighted by atomic mass is 35.5. The van der Waals surface area contributed by atoms with E-state index in [4.69, 9.17) is 27.9 Å². The number of nitrogens with zero attached hydrogens (tertiary/aromatic N) is 4. The number of benzene rings is 2. The van der Waals surface area contributed by atoms with Gasteiger partial charge in [-0.05, 0) is 48.9 Å². The van der Waals surface area contributed by atoms with E-state index < -0.39 is 34.4 Å². The molecule has 206 valence electrons. The molecule has 2 heterocycles. The van der Waals surface area contributed by atoms with Crippen LogP contribution in [0, 0.1) is 0 Å². The van der Waals surface area contributed by atoms with Gasteiger partial charge in [-0.25, -0.2) is 18.4 Å². The van der Waals surface area contributed by atoms with Crippen molar-refractivity contribution in [2.24, 2.45) is 0 Å². The van der Waals surface area contributed by atoms with Gasteiger partial charge in [-0.2, -0.15) is 13.2 Å². The first-order valence-electron chi connectivity index (χ1n) is 11.6. The number of carbonyl (C=O) groups is 1. The highest BCUT2D eigenvalue weighted by Gasteiger charge is 2.33. The molecule has 0 bridgehead atoms. The van der Waals surface area contributed by atoms with Crippen LogP contribution >= 0.6 is 23.2 Å². The first-order chi connectivity index (χ1) is 18.4. The molecular formula is C25H21Cl2F3N4O4S. The van der Waals surface area contributed by atoms with Gasteiger partial charge in [0.15, 0.2) is 0 Å². The van der Waals surface area contributed by atoms with Crippen LogP contribution in [0.3, 0.4) is 0 Å². The number of hydrogen-bond donors (Lipinski definition) is 0. The number of alkyl halides is 3. The average molecular weight is 601 g/mol. The van der Waals surface area contributed by atoms with E-state index in [0.29, 0.717) is 17.3 Å². The molecule has 8 nitrogen and oxygen atoms in total. The van der Waals surface area contributed by atoms with Crippen LogP contribution in [-0.4, -0.2) is 42.1 Å². The molecule has 0 aliphatic rings. The maximum absolute atomic E-state index is 13.7. The third kappa shape index (κ3) is 6.45. The zero-order valence-electron chi connectivity index (χ0n) is 20.3.